The minimum atomic E-state index is -0.368. The second kappa shape index (κ2) is 3.57. The highest BCUT2D eigenvalue weighted by Crippen LogP contribution is 2.61. The van der Waals surface area contributed by atoms with Gasteiger partial charge in [-0.1, -0.05) is 12.1 Å². The molecule has 1 nitrogen and oxygen atoms in total. The molecule has 4 fully saturated rings. The van der Waals surface area contributed by atoms with E-state index in [0.717, 1.165) is 25.2 Å². The van der Waals surface area contributed by atoms with Crippen molar-refractivity contribution < 1.29 is 9.50 Å². The van der Waals surface area contributed by atoms with E-state index >= 15 is 0 Å². The lowest BCUT2D eigenvalue weighted by atomic mass is 9.49. The van der Waals surface area contributed by atoms with Gasteiger partial charge in [-0.3, -0.25) is 0 Å². The number of halogens is 1. The monoisotopic (exact) mass is 246 g/mol. The molecular weight excluding hydrogens is 227 g/mol. The highest BCUT2D eigenvalue weighted by atomic mass is 19.1. The Bertz CT molecular complexity index is 450. The van der Waals surface area contributed by atoms with E-state index in [1.165, 1.54) is 18.4 Å². The van der Waals surface area contributed by atoms with Crippen LogP contribution >= 0.6 is 0 Å². The van der Waals surface area contributed by atoms with Crippen LogP contribution < -0.4 is 0 Å². The number of aliphatic hydroxyl groups is 1. The molecule has 0 amide bonds. The first-order chi connectivity index (χ1) is 8.63. The molecule has 18 heavy (non-hydrogen) atoms. The summed E-state index contributed by atoms with van der Waals surface area (Å²) < 4.78 is 13.0. The van der Waals surface area contributed by atoms with Gasteiger partial charge in [-0.2, -0.15) is 0 Å². The minimum absolute atomic E-state index is 0.152. The molecule has 4 bridgehead atoms. The zero-order valence-electron chi connectivity index (χ0n) is 10.5. The first-order valence-electron chi connectivity index (χ1n) is 7.11. The van der Waals surface area contributed by atoms with Gasteiger partial charge < -0.3 is 5.11 Å². The topological polar surface area (TPSA) is 20.2 Å². The van der Waals surface area contributed by atoms with Gasteiger partial charge in [-0.15, -0.1) is 0 Å². The lowest BCUT2D eigenvalue weighted by Gasteiger charge is -2.58. The Balaban J connectivity index is 1.69. The van der Waals surface area contributed by atoms with Crippen molar-refractivity contribution in [3.8, 4) is 0 Å². The number of hydrogen-bond donors (Lipinski definition) is 1. The summed E-state index contributed by atoms with van der Waals surface area (Å²) in [7, 11) is 0. The summed E-state index contributed by atoms with van der Waals surface area (Å²) >= 11 is 0. The first-order valence-corrected chi connectivity index (χ1v) is 7.11. The molecule has 4 aliphatic carbocycles. The zero-order chi connectivity index (χ0) is 12.3. The molecule has 96 valence electrons. The first kappa shape index (κ1) is 11.0. The summed E-state index contributed by atoms with van der Waals surface area (Å²) in [6.45, 7) is 0. The van der Waals surface area contributed by atoms with Gasteiger partial charge in [0.05, 0.1) is 5.60 Å². The standard InChI is InChI=1S/C16H19FO/c17-14-3-1-11(2-4-14)15-12-5-10-6-13(15)9-16(18,7-10)8-12/h1-4,10,12-13,15,18H,5-9H2. The third-order valence-corrected chi connectivity index (χ3v) is 5.50. The van der Waals surface area contributed by atoms with Gasteiger partial charge in [-0.25, -0.2) is 4.39 Å². The molecule has 2 atom stereocenters. The number of benzene rings is 1. The van der Waals surface area contributed by atoms with Crippen LogP contribution in [0, 0.1) is 23.6 Å². The smallest absolute Gasteiger partial charge is 0.123 e. The minimum Gasteiger partial charge on any atom is -0.390 e. The average Bonchev–Trinajstić information content (AvgIpc) is 2.28. The number of rotatable bonds is 1. The molecule has 2 unspecified atom stereocenters. The molecule has 1 aromatic carbocycles. The van der Waals surface area contributed by atoms with Crippen molar-refractivity contribution in [2.75, 3.05) is 0 Å². The molecule has 1 N–H and O–H groups in total. The summed E-state index contributed by atoms with van der Waals surface area (Å²) in [4.78, 5) is 0. The van der Waals surface area contributed by atoms with Crippen molar-refractivity contribution in [2.24, 2.45) is 17.8 Å². The summed E-state index contributed by atoms with van der Waals surface area (Å²) in [5, 5.41) is 10.6. The molecule has 0 aromatic heterocycles. The van der Waals surface area contributed by atoms with E-state index in [0.29, 0.717) is 17.8 Å². The van der Waals surface area contributed by atoms with E-state index in [4.69, 9.17) is 0 Å². The fraction of sp³-hybridized carbons (Fsp3) is 0.625. The molecule has 0 aliphatic heterocycles. The van der Waals surface area contributed by atoms with E-state index in [1.807, 2.05) is 12.1 Å². The van der Waals surface area contributed by atoms with Gasteiger partial charge in [0.15, 0.2) is 0 Å². The number of hydrogen-bond acceptors (Lipinski definition) is 1. The molecule has 1 aromatic rings. The van der Waals surface area contributed by atoms with Crippen LogP contribution in [0.25, 0.3) is 0 Å². The Morgan fingerprint density at radius 3 is 2.17 bits per heavy atom. The molecule has 0 heterocycles. The van der Waals surface area contributed by atoms with Crippen molar-refractivity contribution in [3.05, 3.63) is 35.6 Å². The Hall–Kier alpha value is -0.890. The molecule has 5 rings (SSSR count). The molecule has 0 spiro atoms. The van der Waals surface area contributed by atoms with Crippen molar-refractivity contribution >= 4 is 0 Å². The maximum atomic E-state index is 13.0. The van der Waals surface area contributed by atoms with Gasteiger partial charge in [0.2, 0.25) is 0 Å². The van der Waals surface area contributed by atoms with Gasteiger partial charge in [0.25, 0.3) is 0 Å². The normalized spacial score (nSPS) is 45.4. The van der Waals surface area contributed by atoms with Crippen LogP contribution in [0.5, 0.6) is 0 Å². The van der Waals surface area contributed by atoms with E-state index in [-0.39, 0.29) is 11.4 Å². The van der Waals surface area contributed by atoms with Crippen LogP contribution in [0.4, 0.5) is 4.39 Å². The summed E-state index contributed by atoms with van der Waals surface area (Å²) in [6.07, 6.45) is 5.47. The zero-order valence-corrected chi connectivity index (χ0v) is 10.5. The maximum Gasteiger partial charge on any atom is 0.123 e. The molecule has 4 saturated carbocycles. The van der Waals surface area contributed by atoms with Crippen LogP contribution in [-0.4, -0.2) is 10.7 Å². The lowest BCUT2D eigenvalue weighted by molar-refractivity contribution is -0.134. The average molecular weight is 246 g/mol. The summed E-state index contributed by atoms with van der Waals surface area (Å²) in [5.74, 6) is 2.38. The second-order valence-corrected chi connectivity index (χ2v) is 6.77. The van der Waals surface area contributed by atoms with Crippen molar-refractivity contribution in [1.29, 1.82) is 0 Å². The largest absolute Gasteiger partial charge is 0.390 e. The van der Waals surface area contributed by atoms with Crippen molar-refractivity contribution in [3.63, 3.8) is 0 Å². The third kappa shape index (κ3) is 1.55. The molecule has 0 radical (unpaired) electrons. The highest BCUT2D eigenvalue weighted by Gasteiger charge is 2.54. The Kier molecular flexibility index (Phi) is 2.18. The highest BCUT2D eigenvalue weighted by molar-refractivity contribution is 5.26. The van der Waals surface area contributed by atoms with Crippen LogP contribution in [0.2, 0.25) is 0 Å². The Morgan fingerprint density at radius 2 is 1.61 bits per heavy atom. The second-order valence-electron chi connectivity index (χ2n) is 6.77. The maximum absolute atomic E-state index is 13.0. The quantitative estimate of drug-likeness (QED) is 0.804. The van der Waals surface area contributed by atoms with Gasteiger partial charge in [-0.05, 0) is 73.5 Å². The van der Waals surface area contributed by atoms with Crippen LogP contribution in [0.1, 0.15) is 43.6 Å². The van der Waals surface area contributed by atoms with Crippen molar-refractivity contribution in [1.82, 2.24) is 0 Å². The molecule has 4 aliphatic rings. The van der Waals surface area contributed by atoms with Crippen molar-refractivity contribution in [2.45, 2.75) is 43.6 Å². The van der Waals surface area contributed by atoms with Gasteiger partial charge in [0.1, 0.15) is 5.82 Å². The summed E-state index contributed by atoms with van der Waals surface area (Å²) in [5.41, 5.74) is 0.918. The van der Waals surface area contributed by atoms with Gasteiger partial charge in [0, 0.05) is 0 Å². The van der Waals surface area contributed by atoms with Crippen LogP contribution in [-0.2, 0) is 0 Å². The summed E-state index contributed by atoms with van der Waals surface area (Å²) in [6, 6.07) is 7.06. The molecule has 2 heteroatoms. The van der Waals surface area contributed by atoms with Crippen LogP contribution in [0.15, 0.2) is 24.3 Å². The predicted octanol–water partition coefficient (Wildman–Crippen LogP) is 3.48. The van der Waals surface area contributed by atoms with Gasteiger partial charge >= 0.3 is 0 Å². The third-order valence-electron chi connectivity index (χ3n) is 5.50. The fourth-order valence-electron chi connectivity index (χ4n) is 5.21. The van der Waals surface area contributed by atoms with E-state index in [9.17, 15) is 9.50 Å². The van der Waals surface area contributed by atoms with E-state index < -0.39 is 0 Å². The lowest BCUT2D eigenvalue weighted by Crippen LogP contribution is -2.53. The van der Waals surface area contributed by atoms with E-state index in [1.54, 1.807) is 12.1 Å². The predicted molar refractivity (Wildman–Crippen MR) is 67.6 cm³/mol. The fourth-order valence-corrected chi connectivity index (χ4v) is 5.21. The van der Waals surface area contributed by atoms with E-state index in [2.05, 4.69) is 0 Å². The molecule has 0 saturated heterocycles. The Morgan fingerprint density at radius 1 is 1.00 bits per heavy atom. The Labute approximate surface area is 107 Å². The molecular formula is C16H19FO. The van der Waals surface area contributed by atoms with Crippen LogP contribution in [0.3, 0.4) is 0 Å². The SMILES string of the molecule is OC12CC3CC(C1)C(c1ccc(F)cc1)C(C3)C2.